The van der Waals surface area contributed by atoms with E-state index >= 15 is 0 Å². The predicted octanol–water partition coefficient (Wildman–Crippen LogP) is 3.84. The van der Waals surface area contributed by atoms with Gasteiger partial charge in [0.1, 0.15) is 6.61 Å². The molecule has 1 rings (SSSR count). The second-order valence-electron chi connectivity index (χ2n) is 3.93. The maximum atomic E-state index is 10.6. The van der Waals surface area contributed by atoms with Crippen molar-refractivity contribution in [3.8, 4) is 0 Å². The average Bonchev–Trinajstić information content (AvgIpc) is 2.28. The minimum Gasteiger partial charge on any atom is -0.461 e. The van der Waals surface area contributed by atoms with Crippen LogP contribution in [0.3, 0.4) is 0 Å². The Morgan fingerprint density at radius 3 is 2.47 bits per heavy atom. The lowest BCUT2D eigenvalue weighted by atomic mass is 10.2. The van der Waals surface area contributed by atoms with Crippen molar-refractivity contribution in [2.75, 3.05) is 5.32 Å². The third-order valence-electron chi connectivity index (χ3n) is 2.42. The average molecular weight is 239 g/mol. The van der Waals surface area contributed by atoms with Gasteiger partial charge in [-0.15, -0.1) is 0 Å². The largest absolute Gasteiger partial charge is 0.461 e. The highest BCUT2D eigenvalue weighted by Gasteiger charge is 2.00. The van der Waals surface area contributed by atoms with Crippen LogP contribution in [-0.2, 0) is 16.1 Å². The van der Waals surface area contributed by atoms with Gasteiger partial charge in [0.25, 0.3) is 0 Å². The van der Waals surface area contributed by atoms with Gasteiger partial charge in [0.15, 0.2) is 0 Å². The predicted molar refractivity (Wildman–Crippen MR) is 74.1 cm³/mol. The molecule has 1 atom stereocenters. The van der Waals surface area contributed by atoms with E-state index in [1.165, 1.54) is 6.92 Å². The van der Waals surface area contributed by atoms with Gasteiger partial charge in [0.2, 0.25) is 0 Å². The summed E-state index contributed by atoms with van der Waals surface area (Å²) in [5.74, 6) is -0.248. The number of esters is 1. The van der Waals surface area contributed by atoms with Crippen molar-refractivity contribution in [1.29, 1.82) is 0 Å². The fourth-order valence-corrected chi connectivity index (χ4v) is 1.27. The number of nitrogens with one attached hydrogen (secondary N) is 1. The van der Waals surface area contributed by atoms with Gasteiger partial charge in [-0.1, -0.05) is 26.5 Å². The molecular formula is C14H25NO2. The molecular weight excluding hydrogens is 214 g/mol. The number of benzene rings is 1. The van der Waals surface area contributed by atoms with Gasteiger partial charge in [-0.25, -0.2) is 0 Å². The molecule has 1 aromatic carbocycles. The molecule has 0 fully saturated rings. The summed E-state index contributed by atoms with van der Waals surface area (Å²) in [5, 5.41) is 3.38. The van der Waals surface area contributed by atoms with Gasteiger partial charge >= 0.3 is 5.97 Å². The zero-order valence-electron chi connectivity index (χ0n) is 10.1. The summed E-state index contributed by atoms with van der Waals surface area (Å²) in [6.45, 7) is 6.05. The van der Waals surface area contributed by atoms with Gasteiger partial charge in [-0.05, 0) is 31.0 Å². The lowest BCUT2D eigenvalue weighted by molar-refractivity contribution is -0.142. The maximum Gasteiger partial charge on any atom is 0.302 e. The standard InChI is InChI=1S/C13H19NO2.CH4.H2/c1-4-10(2)14-13-7-5-12(6-8-13)9-16-11(3)15;;/h5-8,10,14H,4,9H2,1-3H3;1H4;1H. The van der Waals surface area contributed by atoms with Gasteiger partial charge in [0, 0.05) is 20.1 Å². The summed E-state index contributed by atoms with van der Waals surface area (Å²) in [4.78, 5) is 10.6. The Hall–Kier alpha value is -1.51. The van der Waals surface area contributed by atoms with E-state index in [2.05, 4.69) is 19.2 Å². The van der Waals surface area contributed by atoms with Crippen molar-refractivity contribution < 1.29 is 11.0 Å². The van der Waals surface area contributed by atoms with E-state index in [0.717, 1.165) is 17.7 Å². The lowest BCUT2D eigenvalue weighted by Gasteiger charge is -2.13. The Labute approximate surface area is 106 Å². The van der Waals surface area contributed by atoms with Gasteiger partial charge in [0.05, 0.1) is 0 Å². The van der Waals surface area contributed by atoms with Crippen LogP contribution in [0.15, 0.2) is 24.3 Å². The smallest absolute Gasteiger partial charge is 0.302 e. The molecule has 3 heteroatoms. The van der Waals surface area contributed by atoms with Crippen LogP contribution in [0.1, 0.15) is 41.6 Å². The lowest BCUT2D eigenvalue weighted by Crippen LogP contribution is -2.13. The first kappa shape index (κ1) is 15.5. The van der Waals surface area contributed by atoms with Crippen molar-refractivity contribution in [3.05, 3.63) is 29.8 Å². The van der Waals surface area contributed by atoms with E-state index in [4.69, 9.17) is 4.74 Å². The Morgan fingerprint density at radius 1 is 1.41 bits per heavy atom. The molecule has 1 unspecified atom stereocenters. The Morgan fingerprint density at radius 2 is 2.00 bits per heavy atom. The van der Waals surface area contributed by atoms with E-state index in [-0.39, 0.29) is 14.8 Å². The molecule has 0 heterocycles. The molecule has 0 saturated carbocycles. The number of carbonyl (C=O) groups excluding carboxylic acids is 1. The minimum absolute atomic E-state index is 0. The molecule has 17 heavy (non-hydrogen) atoms. The van der Waals surface area contributed by atoms with Crippen LogP contribution >= 0.6 is 0 Å². The van der Waals surface area contributed by atoms with E-state index in [0.29, 0.717) is 12.6 Å². The number of rotatable bonds is 5. The monoisotopic (exact) mass is 239 g/mol. The third-order valence-corrected chi connectivity index (χ3v) is 2.42. The first-order valence-corrected chi connectivity index (χ1v) is 5.60. The molecule has 0 aliphatic heterocycles. The fraction of sp³-hybridized carbons (Fsp3) is 0.500. The minimum atomic E-state index is -0.248. The topological polar surface area (TPSA) is 38.3 Å². The highest BCUT2D eigenvalue weighted by atomic mass is 16.5. The molecule has 0 saturated heterocycles. The van der Waals surface area contributed by atoms with Crippen molar-refractivity contribution in [2.24, 2.45) is 0 Å². The Kier molecular flexibility index (Phi) is 7.03. The normalized spacial score (nSPS) is 11.2. The second kappa shape index (κ2) is 7.71. The fourth-order valence-electron chi connectivity index (χ4n) is 1.27. The quantitative estimate of drug-likeness (QED) is 0.793. The molecule has 3 nitrogen and oxygen atoms in total. The first-order chi connectivity index (χ1) is 7.61. The van der Waals surface area contributed by atoms with Crippen LogP contribution in [0.4, 0.5) is 5.69 Å². The third kappa shape index (κ3) is 5.95. The zero-order chi connectivity index (χ0) is 12.0. The molecule has 1 N–H and O–H groups in total. The molecule has 0 aliphatic rings. The van der Waals surface area contributed by atoms with Crippen LogP contribution < -0.4 is 5.32 Å². The van der Waals surface area contributed by atoms with E-state index in [1.54, 1.807) is 0 Å². The second-order valence-corrected chi connectivity index (χ2v) is 3.93. The number of hydrogen-bond acceptors (Lipinski definition) is 3. The molecule has 0 spiro atoms. The van der Waals surface area contributed by atoms with Gasteiger partial charge in [-0.3, -0.25) is 4.79 Å². The summed E-state index contributed by atoms with van der Waals surface area (Å²) in [6, 6.07) is 8.41. The van der Waals surface area contributed by atoms with Crippen molar-refractivity contribution in [3.63, 3.8) is 0 Å². The summed E-state index contributed by atoms with van der Waals surface area (Å²) in [6.07, 6.45) is 1.09. The van der Waals surface area contributed by atoms with E-state index in [1.807, 2.05) is 24.3 Å². The summed E-state index contributed by atoms with van der Waals surface area (Å²) in [5.41, 5.74) is 2.10. The van der Waals surface area contributed by atoms with Crippen LogP contribution in [0.25, 0.3) is 0 Å². The molecule has 0 aliphatic carbocycles. The number of anilines is 1. The SMILES string of the molecule is C.CCC(C)Nc1ccc(COC(C)=O)cc1.[HH]. The number of carbonyl (C=O) groups is 1. The van der Waals surface area contributed by atoms with Crippen molar-refractivity contribution in [2.45, 2.75) is 47.3 Å². The maximum absolute atomic E-state index is 10.6. The van der Waals surface area contributed by atoms with Crippen LogP contribution in [0.5, 0.6) is 0 Å². The summed E-state index contributed by atoms with van der Waals surface area (Å²) in [7, 11) is 0. The van der Waals surface area contributed by atoms with Gasteiger partial charge < -0.3 is 10.1 Å². The molecule has 0 radical (unpaired) electrons. The van der Waals surface area contributed by atoms with Crippen molar-refractivity contribution in [1.82, 2.24) is 0 Å². The molecule has 1 aromatic rings. The number of hydrogen-bond donors (Lipinski definition) is 1. The molecule has 0 aromatic heterocycles. The molecule has 98 valence electrons. The summed E-state index contributed by atoms with van der Waals surface area (Å²) >= 11 is 0. The highest BCUT2D eigenvalue weighted by molar-refractivity contribution is 5.65. The van der Waals surface area contributed by atoms with Gasteiger partial charge in [-0.2, -0.15) is 0 Å². The van der Waals surface area contributed by atoms with Crippen LogP contribution in [0.2, 0.25) is 0 Å². The molecule has 0 amide bonds. The summed E-state index contributed by atoms with van der Waals surface area (Å²) < 4.78 is 4.91. The van der Waals surface area contributed by atoms with Crippen molar-refractivity contribution >= 4 is 11.7 Å². The molecule has 0 bridgehead atoms. The van der Waals surface area contributed by atoms with E-state index in [9.17, 15) is 4.79 Å². The Bertz CT molecular complexity index is 338. The van der Waals surface area contributed by atoms with Crippen LogP contribution in [0, 0.1) is 0 Å². The number of ether oxygens (including phenoxy) is 1. The zero-order valence-corrected chi connectivity index (χ0v) is 10.1. The first-order valence-electron chi connectivity index (χ1n) is 5.60. The van der Waals surface area contributed by atoms with E-state index < -0.39 is 0 Å². The van der Waals surface area contributed by atoms with Crippen LogP contribution in [-0.4, -0.2) is 12.0 Å². The highest BCUT2D eigenvalue weighted by Crippen LogP contribution is 2.12. The Balaban J connectivity index is 0.